The van der Waals surface area contributed by atoms with Crippen molar-refractivity contribution in [3.8, 4) is 0 Å². The molecule has 0 radical (unpaired) electrons. The van der Waals surface area contributed by atoms with E-state index in [-0.39, 0.29) is 23.3 Å². The number of carbonyl (C=O) groups excluding carboxylic acids is 1. The van der Waals surface area contributed by atoms with Gasteiger partial charge in [0.2, 0.25) is 0 Å². The Bertz CT molecular complexity index is 410. The average Bonchev–Trinajstić information content (AvgIpc) is 2.21. The Morgan fingerprint density at radius 3 is 2.76 bits per heavy atom. The van der Waals surface area contributed by atoms with Crippen LogP contribution in [0.2, 0.25) is 0 Å². The van der Waals surface area contributed by atoms with Crippen LogP contribution in [0.5, 0.6) is 0 Å². The van der Waals surface area contributed by atoms with Gasteiger partial charge in [-0.2, -0.15) is 0 Å². The van der Waals surface area contributed by atoms with Crippen molar-refractivity contribution in [2.24, 2.45) is 5.92 Å². The molecule has 0 unspecified atom stereocenters. The maximum atomic E-state index is 13.0. The standard InChI is InChI=1S/C12H15FN2O2/c13-9-3-8(4-10(14)5-9)12(17)15-6-7-1-11(16)2-7/h3-5,7,11,16H,1-2,6,14H2,(H,15,17). The Balaban J connectivity index is 1.90. The summed E-state index contributed by atoms with van der Waals surface area (Å²) < 4.78 is 13.0. The van der Waals surface area contributed by atoms with Crippen LogP contribution < -0.4 is 11.1 Å². The van der Waals surface area contributed by atoms with Crippen LogP contribution in [0.15, 0.2) is 18.2 Å². The maximum absolute atomic E-state index is 13.0. The normalized spacial score (nSPS) is 22.9. The molecule has 4 nitrogen and oxygen atoms in total. The van der Waals surface area contributed by atoms with E-state index in [0.29, 0.717) is 25.3 Å². The minimum absolute atomic E-state index is 0.224. The van der Waals surface area contributed by atoms with Gasteiger partial charge in [0.1, 0.15) is 5.82 Å². The fraction of sp³-hybridized carbons (Fsp3) is 0.417. The SMILES string of the molecule is Nc1cc(F)cc(C(=O)NCC2CC(O)C2)c1. The fourth-order valence-corrected chi connectivity index (χ4v) is 1.95. The number of amides is 1. The van der Waals surface area contributed by atoms with Gasteiger partial charge in [0.15, 0.2) is 0 Å². The lowest BCUT2D eigenvalue weighted by molar-refractivity contribution is 0.0420. The third-order valence-corrected chi connectivity index (χ3v) is 2.94. The van der Waals surface area contributed by atoms with Gasteiger partial charge < -0.3 is 16.2 Å². The summed E-state index contributed by atoms with van der Waals surface area (Å²) in [5.41, 5.74) is 5.91. The second kappa shape index (κ2) is 4.71. The molecule has 92 valence electrons. The first-order valence-corrected chi connectivity index (χ1v) is 5.57. The molecule has 0 saturated heterocycles. The summed E-state index contributed by atoms with van der Waals surface area (Å²) >= 11 is 0. The number of carbonyl (C=O) groups is 1. The molecule has 1 amide bonds. The molecule has 0 bridgehead atoms. The van der Waals surface area contributed by atoms with Gasteiger partial charge in [-0.3, -0.25) is 4.79 Å². The predicted molar refractivity (Wildman–Crippen MR) is 61.9 cm³/mol. The van der Waals surface area contributed by atoms with Crippen LogP contribution in [-0.2, 0) is 0 Å². The fourth-order valence-electron chi connectivity index (χ4n) is 1.95. The highest BCUT2D eigenvalue weighted by Gasteiger charge is 2.27. The van der Waals surface area contributed by atoms with Crippen molar-refractivity contribution in [3.63, 3.8) is 0 Å². The molecule has 1 aliphatic rings. The number of nitrogens with one attached hydrogen (secondary N) is 1. The number of nitrogens with two attached hydrogens (primary N) is 1. The number of benzene rings is 1. The van der Waals surface area contributed by atoms with Crippen LogP contribution in [0.3, 0.4) is 0 Å². The van der Waals surface area contributed by atoms with E-state index in [1.165, 1.54) is 12.1 Å². The van der Waals surface area contributed by atoms with E-state index < -0.39 is 5.82 Å². The summed E-state index contributed by atoms with van der Waals surface area (Å²) in [6, 6.07) is 3.76. The highest BCUT2D eigenvalue weighted by Crippen LogP contribution is 2.26. The number of hydrogen-bond donors (Lipinski definition) is 3. The Morgan fingerprint density at radius 1 is 1.47 bits per heavy atom. The minimum Gasteiger partial charge on any atom is -0.399 e. The average molecular weight is 238 g/mol. The monoisotopic (exact) mass is 238 g/mol. The lowest BCUT2D eigenvalue weighted by Crippen LogP contribution is -2.38. The molecule has 5 heteroatoms. The van der Waals surface area contributed by atoms with Crippen molar-refractivity contribution >= 4 is 11.6 Å². The third kappa shape index (κ3) is 2.94. The van der Waals surface area contributed by atoms with Gasteiger partial charge in [0.25, 0.3) is 5.91 Å². The number of nitrogen functional groups attached to an aromatic ring is 1. The molecule has 0 aliphatic heterocycles. The van der Waals surface area contributed by atoms with E-state index in [9.17, 15) is 9.18 Å². The molecule has 1 aromatic carbocycles. The molecule has 0 spiro atoms. The van der Waals surface area contributed by atoms with E-state index in [2.05, 4.69) is 5.32 Å². The summed E-state index contributed by atoms with van der Waals surface area (Å²) in [4.78, 5) is 11.7. The maximum Gasteiger partial charge on any atom is 0.251 e. The largest absolute Gasteiger partial charge is 0.399 e. The molecular weight excluding hydrogens is 223 g/mol. The zero-order valence-corrected chi connectivity index (χ0v) is 9.32. The molecule has 1 fully saturated rings. The summed E-state index contributed by atoms with van der Waals surface area (Å²) in [7, 11) is 0. The van der Waals surface area contributed by atoms with Gasteiger partial charge in [-0.25, -0.2) is 4.39 Å². The van der Waals surface area contributed by atoms with Crippen LogP contribution in [0.25, 0.3) is 0 Å². The zero-order valence-electron chi connectivity index (χ0n) is 9.32. The van der Waals surface area contributed by atoms with Crippen molar-refractivity contribution in [1.29, 1.82) is 0 Å². The molecule has 1 aliphatic carbocycles. The quantitative estimate of drug-likeness (QED) is 0.685. The van der Waals surface area contributed by atoms with E-state index in [0.717, 1.165) is 6.07 Å². The predicted octanol–water partition coefficient (Wildman–Crippen LogP) is 0.909. The summed E-state index contributed by atoms with van der Waals surface area (Å²) in [5.74, 6) is -0.535. The van der Waals surface area contributed by atoms with Gasteiger partial charge in [-0.1, -0.05) is 0 Å². The Labute approximate surface area is 98.6 Å². The summed E-state index contributed by atoms with van der Waals surface area (Å²) in [6.45, 7) is 0.506. The van der Waals surface area contributed by atoms with Crippen LogP contribution >= 0.6 is 0 Å². The highest BCUT2D eigenvalue weighted by atomic mass is 19.1. The lowest BCUT2D eigenvalue weighted by Gasteiger charge is -2.31. The number of aliphatic hydroxyl groups is 1. The molecule has 2 rings (SSSR count). The molecule has 0 heterocycles. The Morgan fingerprint density at radius 2 is 2.18 bits per heavy atom. The van der Waals surface area contributed by atoms with E-state index in [1.54, 1.807) is 0 Å². The van der Waals surface area contributed by atoms with Crippen molar-refractivity contribution in [1.82, 2.24) is 5.32 Å². The third-order valence-electron chi connectivity index (χ3n) is 2.94. The number of rotatable bonds is 3. The smallest absolute Gasteiger partial charge is 0.251 e. The Kier molecular flexibility index (Phi) is 3.28. The number of aliphatic hydroxyl groups excluding tert-OH is 1. The van der Waals surface area contributed by atoms with Crippen LogP contribution in [-0.4, -0.2) is 23.7 Å². The van der Waals surface area contributed by atoms with Gasteiger partial charge in [-0.15, -0.1) is 0 Å². The topological polar surface area (TPSA) is 75.4 Å². The second-order valence-corrected chi connectivity index (χ2v) is 4.47. The van der Waals surface area contributed by atoms with E-state index >= 15 is 0 Å². The first-order chi connectivity index (χ1) is 8.04. The van der Waals surface area contributed by atoms with Gasteiger partial charge in [0.05, 0.1) is 6.10 Å². The number of anilines is 1. The Hall–Kier alpha value is -1.62. The molecule has 0 aromatic heterocycles. The zero-order chi connectivity index (χ0) is 12.4. The molecule has 0 atom stereocenters. The number of hydrogen-bond acceptors (Lipinski definition) is 3. The molecule has 1 aromatic rings. The van der Waals surface area contributed by atoms with Crippen molar-refractivity contribution in [3.05, 3.63) is 29.6 Å². The summed E-state index contributed by atoms with van der Waals surface area (Å²) in [5, 5.41) is 11.8. The highest BCUT2D eigenvalue weighted by molar-refractivity contribution is 5.95. The first-order valence-electron chi connectivity index (χ1n) is 5.57. The molecule has 1 saturated carbocycles. The molecule has 4 N–H and O–H groups in total. The lowest BCUT2D eigenvalue weighted by atomic mass is 9.82. The minimum atomic E-state index is -0.519. The van der Waals surface area contributed by atoms with Crippen LogP contribution in [0.1, 0.15) is 23.2 Å². The number of halogens is 1. The van der Waals surface area contributed by atoms with Crippen molar-refractivity contribution < 1.29 is 14.3 Å². The molecule has 17 heavy (non-hydrogen) atoms. The van der Waals surface area contributed by atoms with E-state index in [1.807, 2.05) is 0 Å². The van der Waals surface area contributed by atoms with Crippen LogP contribution in [0, 0.1) is 11.7 Å². The van der Waals surface area contributed by atoms with Gasteiger partial charge >= 0.3 is 0 Å². The van der Waals surface area contributed by atoms with Crippen LogP contribution in [0.4, 0.5) is 10.1 Å². The second-order valence-electron chi connectivity index (χ2n) is 4.47. The summed E-state index contributed by atoms with van der Waals surface area (Å²) in [6.07, 6.45) is 1.19. The van der Waals surface area contributed by atoms with Gasteiger partial charge in [0, 0.05) is 17.8 Å². The van der Waals surface area contributed by atoms with E-state index in [4.69, 9.17) is 10.8 Å². The van der Waals surface area contributed by atoms with Gasteiger partial charge in [-0.05, 0) is 37.0 Å². The van der Waals surface area contributed by atoms with Crippen molar-refractivity contribution in [2.75, 3.05) is 12.3 Å². The van der Waals surface area contributed by atoms with Crippen molar-refractivity contribution in [2.45, 2.75) is 18.9 Å². The first kappa shape index (κ1) is 11.9. The molecular formula is C12H15FN2O2.